The lowest BCUT2D eigenvalue weighted by Gasteiger charge is -2.16. The number of hydrogen-bond acceptors (Lipinski definition) is 10. The SMILES string of the molecule is CCCSc1nc(NCCCCO)c2nnn([C@@H]3C[C@H](C(=O)O)[C@@H](O)[C@H]3O)c2n1. The maximum absolute atomic E-state index is 11.4. The molecule has 5 N–H and O–H groups in total. The molecule has 0 aliphatic heterocycles. The van der Waals surface area contributed by atoms with Crippen molar-refractivity contribution in [2.24, 2.45) is 5.92 Å². The Balaban J connectivity index is 1.95. The molecule has 4 atom stereocenters. The number of carboxylic acid groups (broad SMARTS) is 1. The Morgan fingerprint density at radius 1 is 1.28 bits per heavy atom. The van der Waals surface area contributed by atoms with Gasteiger partial charge in [0.2, 0.25) is 0 Å². The van der Waals surface area contributed by atoms with Gasteiger partial charge in [0.15, 0.2) is 22.1 Å². The number of nitrogens with zero attached hydrogens (tertiary/aromatic N) is 5. The van der Waals surface area contributed by atoms with Crippen molar-refractivity contribution >= 4 is 34.7 Å². The molecule has 0 bridgehead atoms. The number of aromatic nitrogens is 5. The predicted molar refractivity (Wildman–Crippen MR) is 106 cm³/mol. The Labute approximate surface area is 171 Å². The maximum Gasteiger partial charge on any atom is 0.309 e. The molecule has 0 aromatic carbocycles. The summed E-state index contributed by atoms with van der Waals surface area (Å²) in [6, 6.07) is -0.753. The van der Waals surface area contributed by atoms with Gasteiger partial charge in [-0.05, 0) is 25.7 Å². The molecule has 3 rings (SSSR count). The third-order valence-electron chi connectivity index (χ3n) is 4.90. The van der Waals surface area contributed by atoms with E-state index in [9.17, 15) is 20.1 Å². The van der Waals surface area contributed by atoms with Crippen molar-refractivity contribution in [3.05, 3.63) is 0 Å². The quantitative estimate of drug-likeness (QED) is 0.201. The summed E-state index contributed by atoms with van der Waals surface area (Å²) in [7, 11) is 0. The van der Waals surface area contributed by atoms with E-state index in [0.717, 1.165) is 18.6 Å². The van der Waals surface area contributed by atoms with Gasteiger partial charge >= 0.3 is 5.97 Å². The van der Waals surface area contributed by atoms with Crippen molar-refractivity contribution in [3.8, 4) is 0 Å². The molecule has 160 valence electrons. The summed E-state index contributed by atoms with van der Waals surface area (Å²) in [5, 5.41) is 50.7. The summed E-state index contributed by atoms with van der Waals surface area (Å²) in [6.45, 7) is 2.75. The van der Waals surface area contributed by atoms with Crippen LogP contribution in [-0.2, 0) is 4.79 Å². The number of fused-ring (bicyclic) bond motifs is 1. The second-order valence-corrected chi connectivity index (χ2v) is 8.06. The number of carboxylic acids is 1. The number of nitrogens with one attached hydrogen (secondary N) is 1. The summed E-state index contributed by atoms with van der Waals surface area (Å²) < 4.78 is 1.39. The minimum Gasteiger partial charge on any atom is -0.481 e. The summed E-state index contributed by atoms with van der Waals surface area (Å²) in [4.78, 5) is 20.4. The number of thioether (sulfide) groups is 1. The Morgan fingerprint density at radius 3 is 2.72 bits per heavy atom. The van der Waals surface area contributed by atoms with Crippen LogP contribution in [0.2, 0.25) is 0 Å². The molecular formula is C17H26N6O5S. The molecule has 2 heterocycles. The highest BCUT2D eigenvalue weighted by atomic mass is 32.2. The van der Waals surface area contributed by atoms with Gasteiger partial charge in [-0.15, -0.1) is 5.10 Å². The number of aliphatic hydroxyl groups excluding tert-OH is 3. The van der Waals surface area contributed by atoms with Crippen LogP contribution in [0.3, 0.4) is 0 Å². The first-order valence-electron chi connectivity index (χ1n) is 9.67. The second kappa shape index (κ2) is 9.65. The van der Waals surface area contributed by atoms with Crippen LogP contribution in [0.1, 0.15) is 38.6 Å². The molecule has 2 aromatic rings. The van der Waals surface area contributed by atoms with Crippen LogP contribution in [-0.4, -0.2) is 82.5 Å². The number of aliphatic hydroxyl groups is 3. The zero-order valence-electron chi connectivity index (χ0n) is 16.1. The molecule has 29 heavy (non-hydrogen) atoms. The Hall–Kier alpha value is -2.02. The molecule has 12 heteroatoms. The normalized spacial score (nSPS) is 24.3. The maximum atomic E-state index is 11.4. The van der Waals surface area contributed by atoms with E-state index in [2.05, 4.69) is 25.6 Å². The molecule has 1 aliphatic rings. The smallest absolute Gasteiger partial charge is 0.309 e. The van der Waals surface area contributed by atoms with Gasteiger partial charge in [0.05, 0.1) is 18.1 Å². The highest BCUT2D eigenvalue weighted by Crippen LogP contribution is 2.37. The van der Waals surface area contributed by atoms with E-state index in [-0.39, 0.29) is 13.0 Å². The Kier molecular flexibility index (Phi) is 7.22. The van der Waals surface area contributed by atoms with Gasteiger partial charge in [-0.3, -0.25) is 4.79 Å². The van der Waals surface area contributed by atoms with Gasteiger partial charge in [-0.25, -0.2) is 14.6 Å². The topological polar surface area (TPSA) is 167 Å². The van der Waals surface area contributed by atoms with Crippen LogP contribution in [0.15, 0.2) is 5.16 Å². The number of unbranched alkanes of at least 4 members (excludes halogenated alkanes) is 1. The van der Waals surface area contributed by atoms with E-state index >= 15 is 0 Å². The van der Waals surface area contributed by atoms with Crippen molar-refractivity contribution in [3.63, 3.8) is 0 Å². The van der Waals surface area contributed by atoms with Crippen molar-refractivity contribution in [2.45, 2.75) is 56.0 Å². The van der Waals surface area contributed by atoms with Gasteiger partial charge in [-0.2, -0.15) is 0 Å². The Bertz CT molecular complexity index is 849. The fourth-order valence-corrected chi connectivity index (χ4v) is 4.05. The average Bonchev–Trinajstić information content (AvgIpc) is 3.25. The molecule has 0 amide bonds. The van der Waals surface area contributed by atoms with E-state index in [0.29, 0.717) is 35.1 Å². The second-order valence-electron chi connectivity index (χ2n) is 7.00. The summed E-state index contributed by atoms with van der Waals surface area (Å²) >= 11 is 1.48. The van der Waals surface area contributed by atoms with Crippen LogP contribution in [0.4, 0.5) is 5.82 Å². The third kappa shape index (κ3) is 4.60. The zero-order chi connectivity index (χ0) is 21.0. The van der Waals surface area contributed by atoms with Gasteiger partial charge in [0.25, 0.3) is 0 Å². The molecule has 0 saturated heterocycles. The van der Waals surface area contributed by atoms with Crippen LogP contribution < -0.4 is 5.32 Å². The van der Waals surface area contributed by atoms with Crippen molar-refractivity contribution in [2.75, 3.05) is 24.2 Å². The Morgan fingerprint density at radius 2 is 2.07 bits per heavy atom. The van der Waals surface area contributed by atoms with Crippen LogP contribution in [0.25, 0.3) is 11.2 Å². The monoisotopic (exact) mass is 426 g/mol. The molecule has 1 aliphatic carbocycles. The van der Waals surface area contributed by atoms with Gasteiger partial charge in [0, 0.05) is 18.9 Å². The lowest BCUT2D eigenvalue weighted by molar-refractivity contribution is -0.145. The van der Waals surface area contributed by atoms with Gasteiger partial charge in [-0.1, -0.05) is 23.9 Å². The molecule has 0 radical (unpaired) electrons. The molecular weight excluding hydrogens is 400 g/mol. The number of hydrogen-bond donors (Lipinski definition) is 5. The third-order valence-corrected chi connectivity index (χ3v) is 5.95. The first-order chi connectivity index (χ1) is 14.0. The number of rotatable bonds is 10. The number of carbonyl (C=O) groups is 1. The van der Waals surface area contributed by atoms with Gasteiger partial charge < -0.3 is 25.7 Å². The van der Waals surface area contributed by atoms with E-state index in [4.69, 9.17) is 5.11 Å². The fraction of sp³-hybridized carbons (Fsp3) is 0.706. The first-order valence-corrected chi connectivity index (χ1v) is 10.7. The molecule has 0 unspecified atom stereocenters. The summed E-state index contributed by atoms with van der Waals surface area (Å²) in [5.74, 6) is -0.923. The van der Waals surface area contributed by atoms with E-state index in [1.54, 1.807) is 0 Å². The minimum atomic E-state index is -1.39. The zero-order valence-corrected chi connectivity index (χ0v) is 16.9. The minimum absolute atomic E-state index is 0.0246. The molecule has 1 saturated carbocycles. The highest BCUT2D eigenvalue weighted by molar-refractivity contribution is 7.99. The lowest BCUT2D eigenvalue weighted by Crippen LogP contribution is -2.32. The molecule has 2 aromatic heterocycles. The first kappa shape index (κ1) is 21.7. The van der Waals surface area contributed by atoms with Crippen molar-refractivity contribution in [1.82, 2.24) is 25.0 Å². The van der Waals surface area contributed by atoms with Crippen LogP contribution >= 0.6 is 11.8 Å². The van der Waals surface area contributed by atoms with E-state index < -0.39 is 30.1 Å². The molecule has 1 fully saturated rings. The summed E-state index contributed by atoms with van der Waals surface area (Å²) in [6.07, 6.45) is -0.296. The van der Waals surface area contributed by atoms with E-state index in [1.807, 2.05) is 6.92 Å². The van der Waals surface area contributed by atoms with Crippen molar-refractivity contribution in [1.29, 1.82) is 0 Å². The molecule has 11 nitrogen and oxygen atoms in total. The average molecular weight is 426 g/mol. The standard InChI is InChI=1S/C17H26N6O5S/c1-2-7-29-17-19-14(18-5-3-4-6-24)11-15(20-17)23(22-21-11)10-8-9(16(27)28)12(25)13(10)26/h9-10,12-13,24-26H,2-8H2,1H3,(H,27,28)(H,18,19,20)/t9-,10+,12+,13-/m0/s1. The van der Waals surface area contributed by atoms with E-state index in [1.165, 1.54) is 16.4 Å². The van der Waals surface area contributed by atoms with Gasteiger partial charge in [0.1, 0.15) is 6.10 Å². The number of aliphatic carboxylic acids is 1. The van der Waals surface area contributed by atoms with Crippen molar-refractivity contribution < 1.29 is 25.2 Å². The largest absolute Gasteiger partial charge is 0.481 e. The molecule has 0 spiro atoms. The lowest BCUT2D eigenvalue weighted by atomic mass is 10.1. The van der Waals surface area contributed by atoms with Crippen LogP contribution in [0, 0.1) is 5.92 Å². The number of anilines is 1. The summed E-state index contributed by atoms with van der Waals surface area (Å²) in [5.41, 5.74) is 0.792. The fourth-order valence-electron chi connectivity index (χ4n) is 3.35. The highest BCUT2D eigenvalue weighted by Gasteiger charge is 2.47. The van der Waals surface area contributed by atoms with Crippen LogP contribution in [0.5, 0.6) is 0 Å². The predicted octanol–water partition coefficient (Wildman–Crippen LogP) is 0.275.